The van der Waals surface area contributed by atoms with E-state index in [1.807, 2.05) is 18.2 Å². The number of rotatable bonds is 11. The molecule has 1 aromatic heterocycles. The van der Waals surface area contributed by atoms with Crippen molar-refractivity contribution in [1.82, 2.24) is 24.8 Å². The SMILES string of the molecule is CN(C)CCN(Cc1c(-c2ccccc2)noc1N1CCN(C)CC1)CC(O)CN1CCOCC1. The van der Waals surface area contributed by atoms with Crippen molar-refractivity contribution in [2.24, 2.45) is 0 Å². The van der Waals surface area contributed by atoms with Gasteiger partial charge in [0.2, 0.25) is 5.88 Å². The van der Waals surface area contributed by atoms with E-state index in [0.29, 0.717) is 19.6 Å². The van der Waals surface area contributed by atoms with Crippen molar-refractivity contribution in [2.45, 2.75) is 12.6 Å². The first-order chi connectivity index (χ1) is 17.0. The Morgan fingerprint density at radius 1 is 1.00 bits per heavy atom. The van der Waals surface area contributed by atoms with Crippen LogP contribution in [0.3, 0.4) is 0 Å². The standard InChI is InChI=1S/C26H42N6O3/c1-28(2)9-12-31(20-23(33)19-30-15-17-34-18-16-30)21-24-25(22-7-5-4-6-8-22)27-35-26(24)32-13-10-29(3)11-14-32/h4-8,23,33H,9-21H2,1-3H3. The fraction of sp³-hybridized carbons (Fsp3) is 0.654. The van der Waals surface area contributed by atoms with E-state index in [1.54, 1.807) is 0 Å². The summed E-state index contributed by atoms with van der Waals surface area (Å²) in [5, 5.41) is 15.6. The Labute approximate surface area is 209 Å². The molecule has 2 saturated heterocycles. The number of piperazine rings is 1. The Morgan fingerprint density at radius 2 is 1.71 bits per heavy atom. The van der Waals surface area contributed by atoms with Crippen molar-refractivity contribution in [3.63, 3.8) is 0 Å². The molecule has 0 radical (unpaired) electrons. The van der Waals surface area contributed by atoms with E-state index < -0.39 is 6.10 Å². The molecule has 0 saturated carbocycles. The molecule has 0 amide bonds. The maximum atomic E-state index is 11.0. The van der Waals surface area contributed by atoms with Gasteiger partial charge in [0.15, 0.2) is 0 Å². The van der Waals surface area contributed by atoms with E-state index in [1.165, 1.54) is 0 Å². The van der Waals surface area contributed by atoms with Crippen LogP contribution in [0.2, 0.25) is 0 Å². The number of ether oxygens (including phenoxy) is 1. The molecule has 2 fully saturated rings. The lowest BCUT2D eigenvalue weighted by atomic mass is 10.1. The maximum Gasteiger partial charge on any atom is 0.232 e. The molecule has 1 unspecified atom stereocenters. The number of anilines is 1. The predicted octanol–water partition coefficient (Wildman–Crippen LogP) is 1.15. The minimum Gasteiger partial charge on any atom is -0.390 e. The molecule has 1 N–H and O–H groups in total. The summed E-state index contributed by atoms with van der Waals surface area (Å²) >= 11 is 0. The van der Waals surface area contributed by atoms with Crippen LogP contribution in [0.5, 0.6) is 0 Å². The molecule has 0 spiro atoms. The monoisotopic (exact) mass is 486 g/mol. The number of nitrogens with zero attached hydrogens (tertiary/aromatic N) is 6. The third-order valence-corrected chi connectivity index (χ3v) is 6.89. The second kappa shape index (κ2) is 12.8. The Hall–Kier alpha value is -2.01. The molecule has 0 bridgehead atoms. The summed E-state index contributed by atoms with van der Waals surface area (Å²) in [7, 11) is 6.34. The number of aromatic nitrogens is 1. The van der Waals surface area contributed by atoms with E-state index in [9.17, 15) is 5.11 Å². The van der Waals surface area contributed by atoms with Crippen molar-refractivity contribution in [2.75, 3.05) is 105 Å². The van der Waals surface area contributed by atoms with Crippen LogP contribution in [0.25, 0.3) is 11.3 Å². The van der Waals surface area contributed by atoms with Crippen molar-refractivity contribution < 1.29 is 14.4 Å². The van der Waals surface area contributed by atoms with Gasteiger partial charge in [-0.15, -0.1) is 0 Å². The molecule has 2 aliphatic heterocycles. The number of likely N-dealkylation sites (N-methyl/N-ethyl adjacent to an activating group) is 2. The second-order valence-corrected chi connectivity index (χ2v) is 10.1. The summed E-state index contributed by atoms with van der Waals surface area (Å²) in [6.45, 7) is 10.8. The number of hydrogen-bond donors (Lipinski definition) is 1. The van der Waals surface area contributed by atoms with Crippen LogP contribution in [0, 0.1) is 0 Å². The third-order valence-electron chi connectivity index (χ3n) is 6.89. The quantitative estimate of drug-likeness (QED) is 0.504. The minimum atomic E-state index is -0.428. The van der Waals surface area contributed by atoms with E-state index in [-0.39, 0.29) is 0 Å². The smallest absolute Gasteiger partial charge is 0.232 e. The molecule has 3 heterocycles. The maximum absolute atomic E-state index is 11.0. The summed E-state index contributed by atoms with van der Waals surface area (Å²) in [6, 6.07) is 10.3. The summed E-state index contributed by atoms with van der Waals surface area (Å²) < 4.78 is 11.5. The number of aliphatic hydroxyl groups is 1. The summed E-state index contributed by atoms with van der Waals surface area (Å²) in [6.07, 6.45) is -0.428. The molecule has 194 valence electrons. The van der Waals surface area contributed by atoms with Gasteiger partial charge in [-0.05, 0) is 21.1 Å². The Balaban J connectivity index is 1.55. The van der Waals surface area contributed by atoms with Crippen LogP contribution < -0.4 is 4.90 Å². The number of benzene rings is 1. The number of β-amino-alcohol motifs (C(OH)–C–C–N with tert-alkyl or cyclic N) is 1. The van der Waals surface area contributed by atoms with E-state index in [4.69, 9.17) is 9.26 Å². The van der Waals surface area contributed by atoms with Crippen LogP contribution in [0.1, 0.15) is 5.56 Å². The molecule has 9 heteroatoms. The summed E-state index contributed by atoms with van der Waals surface area (Å²) in [5.74, 6) is 0.870. The van der Waals surface area contributed by atoms with Gasteiger partial charge in [0, 0.05) is 77.6 Å². The van der Waals surface area contributed by atoms with Gasteiger partial charge < -0.3 is 29.1 Å². The van der Waals surface area contributed by atoms with Crippen LogP contribution in [0.15, 0.2) is 34.9 Å². The highest BCUT2D eigenvalue weighted by Gasteiger charge is 2.27. The average Bonchev–Trinajstić information content (AvgIpc) is 3.27. The second-order valence-electron chi connectivity index (χ2n) is 10.1. The largest absolute Gasteiger partial charge is 0.390 e. The Bertz CT molecular complexity index is 878. The highest BCUT2D eigenvalue weighted by molar-refractivity contribution is 5.68. The number of hydrogen-bond acceptors (Lipinski definition) is 9. The fourth-order valence-corrected chi connectivity index (χ4v) is 4.76. The summed E-state index contributed by atoms with van der Waals surface area (Å²) in [5.41, 5.74) is 3.07. The molecule has 9 nitrogen and oxygen atoms in total. The Morgan fingerprint density at radius 3 is 2.40 bits per heavy atom. The first kappa shape index (κ1) is 26.1. The van der Waals surface area contributed by atoms with Crippen molar-refractivity contribution in [1.29, 1.82) is 0 Å². The van der Waals surface area contributed by atoms with Gasteiger partial charge in [-0.25, -0.2) is 0 Å². The average molecular weight is 487 g/mol. The molecule has 2 aromatic rings. The molecule has 0 aliphatic carbocycles. The lowest BCUT2D eigenvalue weighted by molar-refractivity contribution is 0.00588. The van der Waals surface area contributed by atoms with E-state index in [2.05, 4.69) is 62.9 Å². The number of morpholine rings is 1. The van der Waals surface area contributed by atoms with Gasteiger partial charge in [0.05, 0.1) is 24.9 Å². The minimum absolute atomic E-state index is 0.428. The van der Waals surface area contributed by atoms with Crippen molar-refractivity contribution >= 4 is 5.88 Å². The van der Waals surface area contributed by atoms with E-state index >= 15 is 0 Å². The summed E-state index contributed by atoms with van der Waals surface area (Å²) in [4.78, 5) is 11.5. The lowest BCUT2D eigenvalue weighted by Crippen LogP contribution is -2.46. The predicted molar refractivity (Wildman–Crippen MR) is 139 cm³/mol. The molecular formula is C26H42N6O3. The van der Waals surface area contributed by atoms with Gasteiger partial charge in [-0.3, -0.25) is 9.80 Å². The highest BCUT2D eigenvalue weighted by atomic mass is 16.5. The van der Waals surface area contributed by atoms with Crippen LogP contribution in [-0.4, -0.2) is 136 Å². The van der Waals surface area contributed by atoms with Gasteiger partial charge in [-0.1, -0.05) is 35.5 Å². The molecule has 1 atom stereocenters. The molecule has 2 aliphatic rings. The van der Waals surface area contributed by atoms with Crippen LogP contribution >= 0.6 is 0 Å². The zero-order valence-corrected chi connectivity index (χ0v) is 21.6. The first-order valence-electron chi connectivity index (χ1n) is 12.8. The molecule has 4 rings (SSSR count). The third kappa shape index (κ3) is 7.49. The number of aliphatic hydroxyl groups excluding tert-OH is 1. The van der Waals surface area contributed by atoms with Gasteiger partial charge in [0.1, 0.15) is 5.69 Å². The highest BCUT2D eigenvalue weighted by Crippen LogP contribution is 2.33. The van der Waals surface area contributed by atoms with E-state index in [0.717, 1.165) is 88.3 Å². The first-order valence-corrected chi connectivity index (χ1v) is 12.8. The van der Waals surface area contributed by atoms with Crippen molar-refractivity contribution in [3.05, 3.63) is 35.9 Å². The normalized spacial score (nSPS) is 19.1. The van der Waals surface area contributed by atoms with Gasteiger partial charge in [-0.2, -0.15) is 0 Å². The zero-order valence-electron chi connectivity index (χ0n) is 21.6. The molecular weight excluding hydrogens is 444 g/mol. The zero-order chi connectivity index (χ0) is 24.6. The molecule has 1 aromatic carbocycles. The van der Waals surface area contributed by atoms with Crippen LogP contribution in [0.4, 0.5) is 5.88 Å². The van der Waals surface area contributed by atoms with Gasteiger partial charge >= 0.3 is 0 Å². The van der Waals surface area contributed by atoms with Crippen molar-refractivity contribution in [3.8, 4) is 11.3 Å². The van der Waals surface area contributed by atoms with Crippen LogP contribution in [-0.2, 0) is 11.3 Å². The topological polar surface area (TPSA) is 71.7 Å². The molecule has 35 heavy (non-hydrogen) atoms. The van der Waals surface area contributed by atoms with Gasteiger partial charge in [0.25, 0.3) is 0 Å². The fourth-order valence-electron chi connectivity index (χ4n) is 4.76. The lowest BCUT2D eigenvalue weighted by Gasteiger charge is -2.34. The Kier molecular flexibility index (Phi) is 9.53.